The van der Waals surface area contributed by atoms with Crippen LogP contribution in [0.3, 0.4) is 0 Å². The molecule has 0 saturated carbocycles. The van der Waals surface area contributed by atoms with Crippen LogP contribution < -0.4 is 10.5 Å². The fourth-order valence-corrected chi connectivity index (χ4v) is 1.85. The zero-order valence-corrected chi connectivity index (χ0v) is 11.2. The van der Waals surface area contributed by atoms with Crippen molar-refractivity contribution in [2.75, 3.05) is 5.73 Å². The van der Waals surface area contributed by atoms with Crippen LogP contribution >= 0.6 is 11.6 Å². The van der Waals surface area contributed by atoms with Crippen molar-refractivity contribution in [3.05, 3.63) is 52.5 Å². The van der Waals surface area contributed by atoms with E-state index < -0.39 is 17.5 Å². The maximum atomic E-state index is 12.9. The standard InChI is InChI=1S/C14H8ClF3N2O/c15-11-5-8(7-19)1-3-13(11)21-12-4-2-9(20)6-10(12)14(16,17)18/h1-6H,20H2. The molecule has 0 saturated heterocycles. The molecule has 0 aliphatic carbocycles. The molecular formula is C14H8ClF3N2O. The lowest BCUT2D eigenvalue weighted by atomic mass is 10.1. The van der Waals surface area contributed by atoms with Gasteiger partial charge in [-0.05, 0) is 36.4 Å². The van der Waals surface area contributed by atoms with Crippen LogP contribution in [0.15, 0.2) is 36.4 Å². The molecule has 7 heteroatoms. The lowest BCUT2D eigenvalue weighted by Crippen LogP contribution is -2.08. The first-order valence-electron chi connectivity index (χ1n) is 5.65. The number of nitrogen functional groups attached to an aromatic ring is 1. The fourth-order valence-electron chi connectivity index (χ4n) is 1.63. The van der Waals surface area contributed by atoms with Crippen LogP contribution in [-0.4, -0.2) is 0 Å². The van der Waals surface area contributed by atoms with Gasteiger partial charge in [0, 0.05) is 5.69 Å². The molecule has 0 bridgehead atoms. The van der Waals surface area contributed by atoms with Crippen LogP contribution in [0.1, 0.15) is 11.1 Å². The lowest BCUT2D eigenvalue weighted by molar-refractivity contribution is -0.138. The summed E-state index contributed by atoms with van der Waals surface area (Å²) in [4.78, 5) is 0. The minimum atomic E-state index is -4.61. The fraction of sp³-hybridized carbons (Fsp3) is 0.0714. The highest BCUT2D eigenvalue weighted by molar-refractivity contribution is 6.32. The molecule has 2 aromatic carbocycles. The predicted molar refractivity (Wildman–Crippen MR) is 72.1 cm³/mol. The number of nitrogens with zero attached hydrogens (tertiary/aromatic N) is 1. The van der Waals surface area contributed by atoms with Gasteiger partial charge in [-0.1, -0.05) is 11.6 Å². The van der Waals surface area contributed by atoms with Gasteiger partial charge in [0.05, 0.1) is 16.7 Å². The number of nitriles is 1. The largest absolute Gasteiger partial charge is 0.455 e. The number of hydrogen-bond acceptors (Lipinski definition) is 3. The van der Waals surface area contributed by atoms with E-state index in [1.165, 1.54) is 24.3 Å². The molecule has 0 heterocycles. The lowest BCUT2D eigenvalue weighted by Gasteiger charge is -2.15. The second kappa shape index (κ2) is 5.54. The molecular weight excluding hydrogens is 305 g/mol. The van der Waals surface area contributed by atoms with E-state index in [1.807, 2.05) is 6.07 Å². The summed E-state index contributed by atoms with van der Waals surface area (Å²) in [5.74, 6) is -0.394. The van der Waals surface area contributed by atoms with E-state index in [2.05, 4.69) is 0 Å². The van der Waals surface area contributed by atoms with Crippen molar-refractivity contribution in [1.82, 2.24) is 0 Å². The molecule has 0 aromatic heterocycles. The molecule has 0 aliphatic rings. The topological polar surface area (TPSA) is 59.0 Å². The Balaban J connectivity index is 2.43. The zero-order valence-electron chi connectivity index (χ0n) is 10.4. The number of benzene rings is 2. The highest BCUT2D eigenvalue weighted by atomic mass is 35.5. The zero-order chi connectivity index (χ0) is 15.6. The van der Waals surface area contributed by atoms with Crippen LogP contribution in [0.2, 0.25) is 5.02 Å². The number of hydrogen-bond donors (Lipinski definition) is 1. The van der Waals surface area contributed by atoms with Crippen LogP contribution in [0, 0.1) is 11.3 Å². The molecule has 0 aliphatic heterocycles. The van der Waals surface area contributed by atoms with Gasteiger partial charge in [-0.2, -0.15) is 18.4 Å². The first-order valence-corrected chi connectivity index (χ1v) is 6.03. The monoisotopic (exact) mass is 312 g/mol. The highest BCUT2D eigenvalue weighted by Gasteiger charge is 2.35. The van der Waals surface area contributed by atoms with Gasteiger partial charge in [0.15, 0.2) is 0 Å². The van der Waals surface area contributed by atoms with Crippen molar-refractivity contribution in [1.29, 1.82) is 5.26 Å². The summed E-state index contributed by atoms with van der Waals surface area (Å²) in [6.07, 6.45) is -4.61. The number of nitrogens with two attached hydrogens (primary N) is 1. The number of rotatable bonds is 2. The van der Waals surface area contributed by atoms with Crippen molar-refractivity contribution in [3.8, 4) is 17.6 Å². The van der Waals surface area contributed by atoms with Crippen molar-refractivity contribution in [2.45, 2.75) is 6.18 Å². The van der Waals surface area contributed by atoms with E-state index in [0.717, 1.165) is 12.1 Å². The molecule has 0 unspecified atom stereocenters. The third-order valence-electron chi connectivity index (χ3n) is 2.59. The summed E-state index contributed by atoms with van der Waals surface area (Å²) in [6, 6.07) is 9.09. The Hall–Kier alpha value is -2.39. The van der Waals surface area contributed by atoms with Crippen LogP contribution in [0.25, 0.3) is 0 Å². The molecule has 2 aromatic rings. The molecule has 0 radical (unpaired) electrons. The molecule has 0 fully saturated rings. The van der Waals surface area contributed by atoms with Gasteiger partial charge >= 0.3 is 6.18 Å². The van der Waals surface area contributed by atoms with Gasteiger partial charge in [0.2, 0.25) is 0 Å². The normalized spacial score (nSPS) is 11.0. The Bertz CT molecular complexity index is 723. The van der Waals surface area contributed by atoms with E-state index >= 15 is 0 Å². The van der Waals surface area contributed by atoms with E-state index in [4.69, 9.17) is 27.3 Å². The number of anilines is 1. The SMILES string of the molecule is N#Cc1ccc(Oc2ccc(N)cc2C(F)(F)F)c(Cl)c1. The first-order chi connectivity index (χ1) is 9.81. The third-order valence-corrected chi connectivity index (χ3v) is 2.89. The molecule has 108 valence electrons. The second-order valence-electron chi connectivity index (χ2n) is 4.11. The van der Waals surface area contributed by atoms with Crippen LogP contribution in [-0.2, 0) is 6.18 Å². The summed E-state index contributed by atoms with van der Waals surface area (Å²) in [6.45, 7) is 0. The minimum Gasteiger partial charge on any atom is -0.455 e. The van der Waals surface area contributed by atoms with Gasteiger partial charge in [0.25, 0.3) is 0 Å². The predicted octanol–water partition coefficient (Wildman–Crippen LogP) is 4.60. The maximum Gasteiger partial charge on any atom is 0.420 e. The highest BCUT2D eigenvalue weighted by Crippen LogP contribution is 2.40. The summed E-state index contributed by atoms with van der Waals surface area (Å²) in [5.41, 5.74) is 4.62. The van der Waals surface area contributed by atoms with E-state index in [1.54, 1.807) is 0 Å². The van der Waals surface area contributed by atoms with Crippen LogP contribution in [0.4, 0.5) is 18.9 Å². The van der Waals surface area contributed by atoms with Gasteiger partial charge in [-0.3, -0.25) is 0 Å². The molecule has 0 amide bonds. The molecule has 3 nitrogen and oxygen atoms in total. The Labute approximate surface area is 123 Å². The van der Waals surface area contributed by atoms with Crippen molar-refractivity contribution in [2.24, 2.45) is 0 Å². The third kappa shape index (κ3) is 3.38. The van der Waals surface area contributed by atoms with Gasteiger partial charge in [0.1, 0.15) is 17.1 Å². The summed E-state index contributed by atoms with van der Waals surface area (Å²) in [5, 5.41) is 8.75. The molecule has 21 heavy (non-hydrogen) atoms. The maximum absolute atomic E-state index is 12.9. The number of alkyl halides is 3. The van der Waals surface area contributed by atoms with Crippen LogP contribution in [0.5, 0.6) is 11.5 Å². The first kappa shape index (κ1) is 15.0. The Morgan fingerprint density at radius 2 is 1.76 bits per heavy atom. The van der Waals surface area contributed by atoms with E-state index in [0.29, 0.717) is 0 Å². The molecule has 2 rings (SSSR count). The smallest absolute Gasteiger partial charge is 0.420 e. The van der Waals surface area contributed by atoms with E-state index in [9.17, 15) is 13.2 Å². The summed E-state index contributed by atoms with van der Waals surface area (Å²) >= 11 is 5.87. The van der Waals surface area contributed by atoms with Crippen molar-refractivity contribution >= 4 is 17.3 Å². The Morgan fingerprint density at radius 1 is 1.10 bits per heavy atom. The molecule has 0 atom stereocenters. The average molecular weight is 313 g/mol. The second-order valence-corrected chi connectivity index (χ2v) is 4.52. The van der Waals surface area contributed by atoms with Crippen molar-refractivity contribution < 1.29 is 17.9 Å². The molecule has 0 spiro atoms. The Morgan fingerprint density at radius 3 is 2.33 bits per heavy atom. The van der Waals surface area contributed by atoms with E-state index in [-0.39, 0.29) is 22.0 Å². The minimum absolute atomic E-state index is 0.0194. The molecule has 2 N–H and O–H groups in total. The summed E-state index contributed by atoms with van der Waals surface area (Å²) < 4.78 is 44.0. The van der Waals surface area contributed by atoms with Crippen molar-refractivity contribution in [3.63, 3.8) is 0 Å². The van der Waals surface area contributed by atoms with Gasteiger partial charge in [-0.15, -0.1) is 0 Å². The average Bonchev–Trinajstić information content (AvgIpc) is 2.41. The number of halogens is 4. The number of ether oxygens (including phenoxy) is 1. The quantitative estimate of drug-likeness (QED) is 0.824. The summed E-state index contributed by atoms with van der Waals surface area (Å²) in [7, 11) is 0. The van der Waals surface area contributed by atoms with Gasteiger partial charge in [-0.25, -0.2) is 0 Å². The Kier molecular flexibility index (Phi) is 3.96. The van der Waals surface area contributed by atoms with Gasteiger partial charge < -0.3 is 10.5 Å².